The Labute approximate surface area is 152 Å². The molecule has 2 aromatic rings. The summed E-state index contributed by atoms with van der Waals surface area (Å²) in [5, 5.41) is 0. The summed E-state index contributed by atoms with van der Waals surface area (Å²) in [5.41, 5.74) is 11.0. The van der Waals surface area contributed by atoms with Crippen LogP contribution in [0.15, 0.2) is 23.7 Å². The van der Waals surface area contributed by atoms with Crippen molar-refractivity contribution in [2.45, 2.75) is 51.0 Å². The molecule has 2 heterocycles. The van der Waals surface area contributed by atoms with Crippen LogP contribution < -0.4 is 10.5 Å². The van der Waals surface area contributed by atoms with Crippen LogP contribution in [0, 0.1) is 6.92 Å². The molecule has 2 aliphatic rings. The van der Waals surface area contributed by atoms with Crippen molar-refractivity contribution in [2.24, 2.45) is 5.73 Å². The molecular weight excluding hydrogens is 336 g/mol. The summed E-state index contributed by atoms with van der Waals surface area (Å²) >= 11 is 1.65. The van der Waals surface area contributed by atoms with Gasteiger partial charge in [0.2, 0.25) is 0 Å². The molecule has 0 unspecified atom stereocenters. The lowest BCUT2D eigenvalue weighted by Crippen LogP contribution is -2.38. The topological polar surface area (TPSA) is 66.6 Å². The first-order valence-electron chi connectivity index (χ1n) is 8.87. The first-order valence-corrected chi connectivity index (χ1v) is 9.75. The maximum Gasteiger partial charge on any atom is 0.168 e. The number of hydrogen-bond acceptors (Lipinski definition) is 6. The molecule has 1 aliphatic heterocycles. The van der Waals surface area contributed by atoms with Gasteiger partial charge in [-0.2, -0.15) is 0 Å². The number of ether oxygens (including phenoxy) is 3. The first-order chi connectivity index (χ1) is 12.2. The van der Waals surface area contributed by atoms with Crippen LogP contribution in [0.1, 0.15) is 36.9 Å². The Balaban J connectivity index is 1.50. The van der Waals surface area contributed by atoms with Gasteiger partial charge in [-0.25, -0.2) is 4.98 Å². The van der Waals surface area contributed by atoms with Gasteiger partial charge in [0.15, 0.2) is 5.79 Å². The Morgan fingerprint density at radius 2 is 2.04 bits per heavy atom. The van der Waals surface area contributed by atoms with E-state index < -0.39 is 0 Å². The Bertz CT molecular complexity index is 730. The third-order valence-electron chi connectivity index (χ3n) is 5.10. The molecular formula is C19H24N2O3S. The minimum atomic E-state index is -0.349. The minimum Gasteiger partial charge on any atom is -0.490 e. The van der Waals surface area contributed by atoms with Crippen LogP contribution in [0.2, 0.25) is 0 Å². The van der Waals surface area contributed by atoms with E-state index in [9.17, 15) is 0 Å². The maximum atomic E-state index is 6.35. The van der Waals surface area contributed by atoms with Gasteiger partial charge in [0.25, 0.3) is 0 Å². The zero-order valence-electron chi connectivity index (χ0n) is 14.5. The molecule has 1 spiro atoms. The molecule has 2 fully saturated rings. The van der Waals surface area contributed by atoms with Gasteiger partial charge in [-0.05, 0) is 31.4 Å². The number of rotatable bonds is 4. The highest BCUT2D eigenvalue weighted by atomic mass is 32.1. The van der Waals surface area contributed by atoms with Gasteiger partial charge in [-0.1, -0.05) is 12.1 Å². The Kier molecular flexibility index (Phi) is 4.78. The summed E-state index contributed by atoms with van der Waals surface area (Å²) in [6.45, 7) is 3.92. The Morgan fingerprint density at radius 1 is 1.28 bits per heavy atom. The second-order valence-electron chi connectivity index (χ2n) is 6.72. The number of aryl methyl sites for hydroxylation is 1. The van der Waals surface area contributed by atoms with Crippen molar-refractivity contribution in [1.29, 1.82) is 0 Å². The molecule has 0 bridgehead atoms. The molecule has 6 heteroatoms. The van der Waals surface area contributed by atoms with Gasteiger partial charge in [0.05, 0.1) is 35.4 Å². The molecule has 1 aromatic heterocycles. The number of thiazole rings is 1. The monoisotopic (exact) mass is 360 g/mol. The lowest BCUT2D eigenvalue weighted by molar-refractivity contribution is -0.186. The largest absolute Gasteiger partial charge is 0.490 e. The van der Waals surface area contributed by atoms with Crippen molar-refractivity contribution in [3.63, 3.8) is 0 Å². The fourth-order valence-electron chi connectivity index (χ4n) is 3.67. The quantitative estimate of drug-likeness (QED) is 0.902. The number of benzene rings is 1. The van der Waals surface area contributed by atoms with Crippen LogP contribution >= 0.6 is 11.3 Å². The summed E-state index contributed by atoms with van der Waals surface area (Å²) in [4.78, 5) is 5.53. The van der Waals surface area contributed by atoms with E-state index in [-0.39, 0.29) is 11.9 Å². The van der Waals surface area contributed by atoms with E-state index >= 15 is 0 Å². The summed E-state index contributed by atoms with van der Waals surface area (Å²) in [7, 11) is 0. The summed E-state index contributed by atoms with van der Waals surface area (Å²) in [5.74, 6) is 0.542. The lowest BCUT2D eigenvalue weighted by atomic mass is 9.91. The normalized spacial score (nSPS) is 20.2. The molecule has 134 valence electrons. The van der Waals surface area contributed by atoms with E-state index in [1.807, 2.05) is 12.4 Å². The van der Waals surface area contributed by atoms with Gasteiger partial charge < -0.3 is 19.9 Å². The van der Waals surface area contributed by atoms with E-state index in [1.165, 1.54) is 4.88 Å². The highest BCUT2D eigenvalue weighted by molar-refractivity contribution is 7.13. The predicted molar refractivity (Wildman–Crippen MR) is 97.7 cm³/mol. The number of aromatic nitrogens is 1. The van der Waals surface area contributed by atoms with Gasteiger partial charge in [0.1, 0.15) is 5.75 Å². The molecule has 1 saturated carbocycles. The number of nitrogens with zero attached hydrogens (tertiary/aromatic N) is 1. The minimum absolute atomic E-state index is 0.182. The van der Waals surface area contributed by atoms with Crippen LogP contribution in [0.4, 0.5) is 0 Å². The average molecular weight is 360 g/mol. The highest BCUT2D eigenvalue weighted by Crippen LogP contribution is 2.38. The Hall–Kier alpha value is -1.47. The SMILES string of the molecule is Cc1ncsc1-c1ccc(CN)c(OC2CCC3(CC2)OCCO3)c1. The van der Waals surface area contributed by atoms with Crippen molar-refractivity contribution in [3.8, 4) is 16.2 Å². The average Bonchev–Trinajstić information content (AvgIpc) is 3.26. The van der Waals surface area contributed by atoms with Crippen molar-refractivity contribution in [2.75, 3.05) is 13.2 Å². The third-order valence-corrected chi connectivity index (χ3v) is 6.07. The van der Waals surface area contributed by atoms with Gasteiger partial charge >= 0.3 is 0 Å². The van der Waals surface area contributed by atoms with Gasteiger partial charge in [-0.3, -0.25) is 0 Å². The van der Waals surface area contributed by atoms with E-state index in [2.05, 4.69) is 23.2 Å². The smallest absolute Gasteiger partial charge is 0.168 e. The lowest BCUT2D eigenvalue weighted by Gasteiger charge is -2.35. The van der Waals surface area contributed by atoms with E-state index in [1.54, 1.807) is 11.3 Å². The number of nitrogens with two attached hydrogens (primary N) is 1. The Morgan fingerprint density at radius 3 is 2.68 bits per heavy atom. The molecule has 5 nitrogen and oxygen atoms in total. The van der Waals surface area contributed by atoms with Gasteiger partial charge in [0, 0.05) is 24.9 Å². The van der Waals surface area contributed by atoms with E-state index in [0.717, 1.165) is 48.3 Å². The molecule has 25 heavy (non-hydrogen) atoms. The van der Waals surface area contributed by atoms with Crippen LogP contribution in [0.25, 0.3) is 10.4 Å². The van der Waals surface area contributed by atoms with Crippen molar-refractivity contribution >= 4 is 11.3 Å². The summed E-state index contributed by atoms with van der Waals surface area (Å²) < 4.78 is 18.0. The van der Waals surface area contributed by atoms with E-state index in [4.69, 9.17) is 19.9 Å². The summed E-state index contributed by atoms with van der Waals surface area (Å²) in [6.07, 6.45) is 3.84. The van der Waals surface area contributed by atoms with Crippen molar-refractivity contribution in [1.82, 2.24) is 4.98 Å². The number of hydrogen-bond donors (Lipinski definition) is 1. The summed E-state index contributed by atoms with van der Waals surface area (Å²) in [6, 6.07) is 6.28. The highest BCUT2D eigenvalue weighted by Gasteiger charge is 2.41. The zero-order valence-corrected chi connectivity index (χ0v) is 15.3. The van der Waals surface area contributed by atoms with Crippen LogP contribution in [0.3, 0.4) is 0 Å². The zero-order chi connectivity index (χ0) is 17.3. The molecule has 0 amide bonds. The third kappa shape index (κ3) is 3.44. The van der Waals surface area contributed by atoms with Crippen LogP contribution in [0.5, 0.6) is 5.75 Å². The molecule has 0 radical (unpaired) electrons. The molecule has 1 aromatic carbocycles. The first kappa shape index (κ1) is 17.0. The molecule has 2 N–H and O–H groups in total. The van der Waals surface area contributed by atoms with Crippen molar-refractivity contribution < 1.29 is 14.2 Å². The maximum absolute atomic E-state index is 6.35. The second-order valence-corrected chi connectivity index (χ2v) is 7.57. The molecule has 1 saturated heterocycles. The molecule has 0 atom stereocenters. The fraction of sp³-hybridized carbons (Fsp3) is 0.526. The fourth-order valence-corrected chi connectivity index (χ4v) is 4.47. The van der Waals surface area contributed by atoms with Crippen LogP contribution in [-0.4, -0.2) is 30.1 Å². The second kappa shape index (κ2) is 7.03. The standard InChI is InChI=1S/C19H24N2O3S/c1-13-18(25-12-21-13)14-2-3-15(11-20)17(10-14)24-16-4-6-19(7-5-16)22-8-9-23-19/h2-3,10,12,16H,4-9,11,20H2,1H3. The molecule has 4 rings (SSSR count). The van der Waals surface area contributed by atoms with Gasteiger partial charge in [-0.15, -0.1) is 11.3 Å². The predicted octanol–water partition coefficient (Wildman–Crippen LogP) is 3.64. The van der Waals surface area contributed by atoms with Crippen molar-refractivity contribution in [3.05, 3.63) is 35.0 Å². The van der Waals surface area contributed by atoms with Crippen LogP contribution in [-0.2, 0) is 16.0 Å². The van der Waals surface area contributed by atoms with E-state index in [0.29, 0.717) is 19.8 Å². The molecule has 1 aliphatic carbocycles.